The number of carbonyl (C=O) groups excluding carboxylic acids is 1. The molecule has 0 bridgehead atoms. The molecule has 2 rings (SSSR count). The van der Waals surface area contributed by atoms with Crippen LogP contribution in [0.2, 0.25) is 0 Å². The van der Waals surface area contributed by atoms with Crippen LogP contribution in [-0.4, -0.2) is 45.3 Å². The van der Waals surface area contributed by atoms with Crippen molar-refractivity contribution in [1.82, 2.24) is 16.0 Å². The quantitative estimate of drug-likeness (QED) is 0.148. The third-order valence-electron chi connectivity index (χ3n) is 4.70. The highest BCUT2D eigenvalue weighted by Crippen LogP contribution is 2.21. The van der Waals surface area contributed by atoms with E-state index in [-0.39, 0.29) is 29.9 Å². The minimum atomic E-state index is 0. The van der Waals surface area contributed by atoms with Gasteiger partial charge in [0.15, 0.2) is 5.96 Å². The molecule has 0 aliphatic rings. The molecule has 0 unspecified atom stereocenters. The Morgan fingerprint density at radius 1 is 1.03 bits per heavy atom. The average molecular weight is 569 g/mol. The summed E-state index contributed by atoms with van der Waals surface area (Å²) in [7, 11) is 1.69. The molecule has 0 aliphatic carbocycles. The monoisotopic (exact) mass is 568 g/mol. The van der Waals surface area contributed by atoms with Crippen LogP contribution >= 0.6 is 24.0 Å². The highest BCUT2D eigenvalue weighted by molar-refractivity contribution is 14.0. The molecule has 0 aliphatic heterocycles. The molecule has 33 heavy (non-hydrogen) atoms. The Morgan fingerprint density at radius 3 is 2.55 bits per heavy atom. The minimum Gasteiger partial charge on any atom is -0.493 e. The highest BCUT2D eigenvalue weighted by atomic mass is 127. The third kappa shape index (κ3) is 11.9. The summed E-state index contributed by atoms with van der Waals surface area (Å²) in [4.78, 5) is 16.8. The summed E-state index contributed by atoms with van der Waals surface area (Å²) in [6.07, 6.45) is 1.21. The number of aliphatic imine (C=N–C) groups is 1. The number of carbonyl (C=O) groups is 1. The van der Waals surface area contributed by atoms with Gasteiger partial charge in [0.2, 0.25) is 5.91 Å². The number of guanidine groups is 1. The standard InChI is InChI=1S/C25H36N4O3.HI/c1-4-26-25(27-14-13-24(30)28-18-21-9-6-5-7-10-21)29-19-22-12-11-20(2)17-23(22)32-16-8-15-31-3;/h5-7,9-12,17H,4,8,13-16,18-19H2,1-3H3,(H,28,30)(H2,26,27,29);1H. The Hall–Kier alpha value is -2.33. The second-order valence-corrected chi connectivity index (χ2v) is 7.44. The van der Waals surface area contributed by atoms with E-state index >= 15 is 0 Å². The lowest BCUT2D eigenvalue weighted by Gasteiger charge is -2.14. The fourth-order valence-corrected chi connectivity index (χ4v) is 3.00. The van der Waals surface area contributed by atoms with Gasteiger partial charge in [-0.1, -0.05) is 42.5 Å². The molecule has 2 aromatic carbocycles. The van der Waals surface area contributed by atoms with Crippen molar-refractivity contribution in [3.05, 3.63) is 65.2 Å². The Labute approximate surface area is 214 Å². The molecule has 0 fully saturated rings. The molecule has 2 aromatic rings. The number of aryl methyl sites for hydroxylation is 1. The van der Waals surface area contributed by atoms with Crippen LogP contribution in [0.4, 0.5) is 0 Å². The van der Waals surface area contributed by atoms with Gasteiger partial charge in [0.25, 0.3) is 0 Å². The zero-order valence-corrected chi connectivity index (χ0v) is 22.2. The number of nitrogens with zero attached hydrogens (tertiary/aromatic N) is 1. The molecule has 0 spiro atoms. The van der Waals surface area contributed by atoms with Gasteiger partial charge in [0, 0.05) is 51.8 Å². The Bertz CT molecular complexity index is 847. The van der Waals surface area contributed by atoms with Crippen LogP contribution in [0.3, 0.4) is 0 Å². The number of halogens is 1. The second-order valence-electron chi connectivity index (χ2n) is 7.44. The molecule has 1 amide bonds. The lowest BCUT2D eigenvalue weighted by Crippen LogP contribution is -2.39. The van der Waals surface area contributed by atoms with E-state index < -0.39 is 0 Å². The molecule has 0 saturated heterocycles. The first kappa shape index (κ1) is 28.7. The lowest BCUT2D eigenvalue weighted by atomic mass is 10.1. The largest absolute Gasteiger partial charge is 0.493 e. The predicted octanol–water partition coefficient (Wildman–Crippen LogP) is 3.79. The van der Waals surface area contributed by atoms with Crippen molar-refractivity contribution in [3.63, 3.8) is 0 Å². The number of benzene rings is 2. The normalized spacial score (nSPS) is 10.8. The van der Waals surface area contributed by atoms with Crippen LogP contribution in [0, 0.1) is 6.92 Å². The van der Waals surface area contributed by atoms with E-state index in [1.807, 2.05) is 56.3 Å². The Kier molecular flexibility index (Phi) is 14.9. The van der Waals surface area contributed by atoms with E-state index in [4.69, 9.17) is 9.47 Å². The van der Waals surface area contributed by atoms with Gasteiger partial charge in [0.1, 0.15) is 5.75 Å². The number of hydrogen-bond donors (Lipinski definition) is 3. The molecular formula is C25H37IN4O3. The molecule has 0 atom stereocenters. The van der Waals surface area contributed by atoms with E-state index in [2.05, 4.69) is 27.0 Å². The maximum absolute atomic E-state index is 12.1. The van der Waals surface area contributed by atoms with Crippen molar-refractivity contribution in [3.8, 4) is 5.75 Å². The first-order chi connectivity index (χ1) is 15.6. The second kappa shape index (κ2) is 17.2. The summed E-state index contributed by atoms with van der Waals surface area (Å²) < 4.78 is 11.0. The minimum absolute atomic E-state index is 0. The molecular weight excluding hydrogens is 531 g/mol. The summed E-state index contributed by atoms with van der Waals surface area (Å²) in [6.45, 7) is 7.59. The van der Waals surface area contributed by atoms with E-state index in [1.165, 1.54) is 0 Å². The van der Waals surface area contributed by atoms with Crippen LogP contribution in [0.5, 0.6) is 5.75 Å². The number of methoxy groups -OCH3 is 1. The summed E-state index contributed by atoms with van der Waals surface area (Å²) in [6, 6.07) is 16.0. The van der Waals surface area contributed by atoms with E-state index in [0.29, 0.717) is 45.2 Å². The molecule has 0 heterocycles. The smallest absolute Gasteiger partial charge is 0.222 e. The molecule has 0 saturated carbocycles. The zero-order chi connectivity index (χ0) is 23.0. The maximum atomic E-state index is 12.1. The highest BCUT2D eigenvalue weighted by Gasteiger charge is 2.06. The number of hydrogen-bond acceptors (Lipinski definition) is 4. The first-order valence-corrected chi connectivity index (χ1v) is 11.2. The van der Waals surface area contributed by atoms with Crippen LogP contribution < -0.4 is 20.7 Å². The number of nitrogens with one attached hydrogen (secondary N) is 3. The summed E-state index contributed by atoms with van der Waals surface area (Å²) in [5.74, 6) is 1.53. The van der Waals surface area contributed by atoms with Gasteiger partial charge < -0.3 is 25.4 Å². The van der Waals surface area contributed by atoms with E-state index in [9.17, 15) is 4.79 Å². The van der Waals surface area contributed by atoms with Crippen LogP contribution in [-0.2, 0) is 22.6 Å². The van der Waals surface area contributed by atoms with Crippen molar-refractivity contribution < 1.29 is 14.3 Å². The summed E-state index contributed by atoms with van der Waals surface area (Å²) >= 11 is 0. The Balaban J connectivity index is 0.00000544. The number of amides is 1. The van der Waals surface area contributed by atoms with E-state index in [0.717, 1.165) is 35.4 Å². The fraction of sp³-hybridized carbons (Fsp3) is 0.440. The van der Waals surface area contributed by atoms with Crippen LogP contribution in [0.1, 0.15) is 36.5 Å². The molecule has 8 heteroatoms. The van der Waals surface area contributed by atoms with Gasteiger partial charge in [-0.2, -0.15) is 0 Å². The molecule has 0 radical (unpaired) electrons. The van der Waals surface area contributed by atoms with Crippen molar-refractivity contribution in [2.75, 3.05) is 33.4 Å². The molecule has 0 aromatic heterocycles. The summed E-state index contributed by atoms with van der Waals surface area (Å²) in [5.41, 5.74) is 3.25. The topological polar surface area (TPSA) is 84.0 Å². The van der Waals surface area contributed by atoms with Gasteiger partial charge in [-0.15, -0.1) is 24.0 Å². The average Bonchev–Trinajstić information content (AvgIpc) is 2.80. The van der Waals surface area contributed by atoms with Gasteiger partial charge in [0.05, 0.1) is 13.2 Å². The van der Waals surface area contributed by atoms with Gasteiger partial charge in [-0.05, 0) is 31.0 Å². The van der Waals surface area contributed by atoms with Crippen LogP contribution in [0.25, 0.3) is 0 Å². The zero-order valence-electron chi connectivity index (χ0n) is 19.9. The van der Waals surface area contributed by atoms with Crippen molar-refractivity contribution >= 4 is 35.8 Å². The van der Waals surface area contributed by atoms with Crippen molar-refractivity contribution in [2.45, 2.75) is 39.8 Å². The molecule has 3 N–H and O–H groups in total. The van der Waals surface area contributed by atoms with Crippen LogP contribution in [0.15, 0.2) is 53.5 Å². The summed E-state index contributed by atoms with van der Waals surface area (Å²) in [5, 5.41) is 9.40. The third-order valence-corrected chi connectivity index (χ3v) is 4.70. The van der Waals surface area contributed by atoms with Gasteiger partial charge >= 0.3 is 0 Å². The fourth-order valence-electron chi connectivity index (χ4n) is 3.00. The Morgan fingerprint density at radius 2 is 1.82 bits per heavy atom. The maximum Gasteiger partial charge on any atom is 0.222 e. The van der Waals surface area contributed by atoms with E-state index in [1.54, 1.807) is 7.11 Å². The lowest BCUT2D eigenvalue weighted by molar-refractivity contribution is -0.121. The van der Waals surface area contributed by atoms with Crippen molar-refractivity contribution in [2.24, 2.45) is 4.99 Å². The number of ether oxygens (including phenoxy) is 2. The SMILES string of the molecule is CCNC(=NCc1ccc(C)cc1OCCCOC)NCCC(=O)NCc1ccccc1.I. The van der Waals surface area contributed by atoms with Gasteiger partial charge in [-0.25, -0.2) is 4.99 Å². The van der Waals surface area contributed by atoms with Crippen molar-refractivity contribution in [1.29, 1.82) is 0 Å². The molecule has 7 nitrogen and oxygen atoms in total. The predicted molar refractivity (Wildman–Crippen MR) is 144 cm³/mol. The number of rotatable bonds is 13. The van der Waals surface area contributed by atoms with Gasteiger partial charge in [-0.3, -0.25) is 4.79 Å². The first-order valence-electron chi connectivity index (χ1n) is 11.2. The molecule has 182 valence electrons.